The van der Waals surface area contributed by atoms with Crippen molar-refractivity contribution in [1.82, 2.24) is 0 Å². The molecule has 1 N–H and O–H groups in total. The molecule has 0 unspecified atom stereocenters. The molecule has 0 saturated heterocycles. The molecule has 0 aromatic heterocycles. The Bertz CT molecular complexity index is 194. The lowest BCUT2D eigenvalue weighted by Gasteiger charge is -2.25. The smallest absolute Gasteiger partial charge is 0.0859 e. The second-order valence-electron chi connectivity index (χ2n) is 4.95. The predicted molar refractivity (Wildman–Crippen MR) is 58.6 cm³/mol. The molecule has 0 amide bonds. The topological polar surface area (TPSA) is 20.2 Å². The molecule has 0 rings (SSSR count). The van der Waals surface area contributed by atoms with Crippen LogP contribution in [0.5, 0.6) is 0 Å². The van der Waals surface area contributed by atoms with E-state index in [0.29, 0.717) is 0 Å². The second-order valence-corrected chi connectivity index (χ2v) is 4.95. The van der Waals surface area contributed by atoms with E-state index >= 15 is 0 Å². The zero-order valence-electron chi connectivity index (χ0n) is 9.46. The van der Waals surface area contributed by atoms with Crippen molar-refractivity contribution in [3.05, 3.63) is 24.8 Å². The molecule has 0 spiro atoms. The third-order valence-corrected chi connectivity index (χ3v) is 2.20. The molecule has 0 aliphatic rings. The highest BCUT2D eigenvalue weighted by Gasteiger charge is 2.23. The average Bonchev–Trinajstić information content (AvgIpc) is 1.98. The average molecular weight is 182 g/mol. The Hall–Kier alpha value is -0.560. The molecule has 1 heteroatoms. The van der Waals surface area contributed by atoms with Gasteiger partial charge in [0.05, 0.1) is 5.60 Å². The van der Waals surface area contributed by atoms with Gasteiger partial charge >= 0.3 is 0 Å². The number of rotatable bonds is 3. The third-order valence-electron chi connectivity index (χ3n) is 2.20. The minimum atomic E-state index is -0.783. The lowest BCUT2D eigenvalue weighted by atomic mass is 9.87. The minimum absolute atomic E-state index is 0.0751. The van der Waals surface area contributed by atoms with Crippen LogP contribution in [-0.4, -0.2) is 10.7 Å². The van der Waals surface area contributed by atoms with Crippen LogP contribution in [0, 0.1) is 11.3 Å². The third kappa shape index (κ3) is 4.89. The quantitative estimate of drug-likeness (QED) is 0.665. The predicted octanol–water partition coefficient (Wildman–Crippen LogP) is 3.16. The van der Waals surface area contributed by atoms with Crippen LogP contribution in [0.3, 0.4) is 0 Å². The maximum absolute atomic E-state index is 9.99. The van der Waals surface area contributed by atoms with Gasteiger partial charge in [0.25, 0.3) is 0 Å². The molecule has 0 aliphatic carbocycles. The molecule has 0 bridgehead atoms. The van der Waals surface area contributed by atoms with Crippen LogP contribution >= 0.6 is 0 Å². The zero-order chi connectivity index (χ0) is 10.7. The van der Waals surface area contributed by atoms with Crippen molar-refractivity contribution in [3.63, 3.8) is 0 Å². The van der Waals surface area contributed by atoms with Crippen molar-refractivity contribution in [2.24, 2.45) is 11.3 Å². The minimum Gasteiger partial charge on any atom is -0.385 e. The summed E-state index contributed by atoms with van der Waals surface area (Å²) in [5, 5.41) is 9.99. The largest absolute Gasteiger partial charge is 0.385 e. The van der Waals surface area contributed by atoms with Gasteiger partial charge in [-0.05, 0) is 12.3 Å². The summed E-state index contributed by atoms with van der Waals surface area (Å²) in [6.45, 7) is 13.8. The standard InChI is InChI=1S/C12H22O/c1-7-10(2)12(6,13)9-8-11(3,4)5/h7-10,13H,1H2,2-6H3/b9-8+/t10-,12+/m1/s1. The molecule has 2 atom stereocenters. The molecule has 0 aromatic carbocycles. The van der Waals surface area contributed by atoms with Crippen molar-refractivity contribution >= 4 is 0 Å². The fraction of sp³-hybridized carbons (Fsp3) is 0.667. The van der Waals surface area contributed by atoms with E-state index in [1.807, 2.05) is 26.0 Å². The first-order valence-electron chi connectivity index (χ1n) is 4.74. The van der Waals surface area contributed by atoms with E-state index in [2.05, 4.69) is 27.4 Å². The summed E-state index contributed by atoms with van der Waals surface area (Å²) in [7, 11) is 0. The van der Waals surface area contributed by atoms with Gasteiger partial charge in [0.15, 0.2) is 0 Å². The Balaban J connectivity index is 4.50. The van der Waals surface area contributed by atoms with Gasteiger partial charge in [0, 0.05) is 5.92 Å². The van der Waals surface area contributed by atoms with Crippen LogP contribution in [0.25, 0.3) is 0 Å². The molecule has 0 radical (unpaired) electrons. The van der Waals surface area contributed by atoms with Crippen molar-refractivity contribution < 1.29 is 5.11 Å². The maximum Gasteiger partial charge on any atom is 0.0859 e. The Morgan fingerprint density at radius 3 is 1.92 bits per heavy atom. The van der Waals surface area contributed by atoms with Crippen molar-refractivity contribution in [1.29, 1.82) is 0 Å². The summed E-state index contributed by atoms with van der Waals surface area (Å²) in [4.78, 5) is 0. The Kier molecular flexibility index (Phi) is 3.92. The van der Waals surface area contributed by atoms with Crippen molar-refractivity contribution in [2.75, 3.05) is 0 Å². The molecule has 0 aromatic rings. The highest BCUT2D eigenvalue weighted by Crippen LogP contribution is 2.23. The molecule has 0 aliphatic heterocycles. The zero-order valence-corrected chi connectivity index (χ0v) is 9.46. The van der Waals surface area contributed by atoms with Gasteiger partial charge in [-0.2, -0.15) is 0 Å². The van der Waals surface area contributed by atoms with E-state index in [1.54, 1.807) is 6.08 Å². The van der Waals surface area contributed by atoms with Gasteiger partial charge in [-0.1, -0.05) is 45.9 Å². The summed E-state index contributed by atoms with van der Waals surface area (Å²) in [6.07, 6.45) is 5.67. The van der Waals surface area contributed by atoms with Crippen LogP contribution in [0.15, 0.2) is 24.8 Å². The maximum atomic E-state index is 9.99. The number of aliphatic hydroxyl groups is 1. The SMILES string of the molecule is C=C[C@@H](C)[C@@](C)(O)/C=C/C(C)(C)C. The van der Waals surface area contributed by atoms with Gasteiger partial charge in [0.2, 0.25) is 0 Å². The number of hydrogen-bond donors (Lipinski definition) is 1. The van der Waals surface area contributed by atoms with Gasteiger partial charge in [-0.15, -0.1) is 6.58 Å². The van der Waals surface area contributed by atoms with Gasteiger partial charge in [-0.3, -0.25) is 0 Å². The summed E-state index contributed by atoms with van der Waals surface area (Å²) in [5.41, 5.74) is -0.667. The van der Waals surface area contributed by atoms with Crippen LogP contribution < -0.4 is 0 Å². The summed E-state index contributed by atoms with van der Waals surface area (Å²) in [5.74, 6) is 0.0751. The van der Waals surface area contributed by atoms with Crippen LogP contribution in [0.4, 0.5) is 0 Å². The van der Waals surface area contributed by atoms with Crippen molar-refractivity contribution in [2.45, 2.75) is 40.2 Å². The monoisotopic (exact) mass is 182 g/mol. The van der Waals surface area contributed by atoms with Crippen LogP contribution in [0.2, 0.25) is 0 Å². The fourth-order valence-electron chi connectivity index (χ4n) is 0.809. The van der Waals surface area contributed by atoms with Crippen LogP contribution in [-0.2, 0) is 0 Å². The molecule has 13 heavy (non-hydrogen) atoms. The van der Waals surface area contributed by atoms with Crippen molar-refractivity contribution in [3.8, 4) is 0 Å². The first kappa shape index (κ1) is 12.4. The first-order chi connectivity index (χ1) is 5.69. The number of hydrogen-bond acceptors (Lipinski definition) is 1. The van der Waals surface area contributed by atoms with E-state index in [4.69, 9.17) is 0 Å². The van der Waals surface area contributed by atoms with E-state index in [1.165, 1.54) is 0 Å². The molecule has 0 heterocycles. The highest BCUT2D eigenvalue weighted by atomic mass is 16.3. The molecular weight excluding hydrogens is 160 g/mol. The summed E-state index contributed by atoms with van der Waals surface area (Å²) >= 11 is 0. The second kappa shape index (κ2) is 4.10. The first-order valence-corrected chi connectivity index (χ1v) is 4.74. The normalized spacial score (nSPS) is 19.8. The van der Waals surface area contributed by atoms with E-state index < -0.39 is 5.60 Å². The summed E-state index contributed by atoms with van der Waals surface area (Å²) < 4.78 is 0. The van der Waals surface area contributed by atoms with Gasteiger partial charge in [0.1, 0.15) is 0 Å². The van der Waals surface area contributed by atoms with Crippen LogP contribution in [0.1, 0.15) is 34.6 Å². The Labute approximate surface area is 82.2 Å². The molecule has 76 valence electrons. The molecule has 0 saturated carbocycles. The molecule has 1 nitrogen and oxygen atoms in total. The Morgan fingerprint density at radius 1 is 1.15 bits per heavy atom. The van der Waals surface area contributed by atoms with Gasteiger partial charge in [-0.25, -0.2) is 0 Å². The van der Waals surface area contributed by atoms with Gasteiger partial charge < -0.3 is 5.11 Å². The molecule has 0 fully saturated rings. The molecular formula is C12H22O. The van der Waals surface area contributed by atoms with E-state index in [-0.39, 0.29) is 11.3 Å². The number of allylic oxidation sites excluding steroid dienone is 1. The van der Waals surface area contributed by atoms with E-state index in [0.717, 1.165) is 0 Å². The highest BCUT2D eigenvalue weighted by molar-refractivity contribution is 5.08. The summed E-state index contributed by atoms with van der Waals surface area (Å²) in [6, 6.07) is 0. The Morgan fingerprint density at radius 2 is 1.62 bits per heavy atom. The lowest BCUT2D eigenvalue weighted by Crippen LogP contribution is -2.29. The van der Waals surface area contributed by atoms with E-state index in [9.17, 15) is 5.11 Å². The fourth-order valence-corrected chi connectivity index (χ4v) is 0.809. The lowest BCUT2D eigenvalue weighted by molar-refractivity contribution is 0.0736.